The lowest BCUT2D eigenvalue weighted by Gasteiger charge is -2.16. The van der Waals surface area contributed by atoms with Crippen molar-refractivity contribution in [2.45, 2.75) is 13.0 Å². The summed E-state index contributed by atoms with van der Waals surface area (Å²) in [6.45, 7) is 2.59. The zero-order valence-corrected chi connectivity index (χ0v) is 10.2. The molecule has 0 aliphatic carbocycles. The quantitative estimate of drug-likeness (QED) is 0.806. The van der Waals surface area contributed by atoms with E-state index in [4.69, 9.17) is 33.7 Å². The summed E-state index contributed by atoms with van der Waals surface area (Å²) >= 11 is 11.7. The standard InChI is InChI=1S/C10H14Cl2N2O/c1-6(5-15-2)14-10-4-8(12)7(11)3-9(10)13/h3-4,6,14H,5,13H2,1-2H3. The molecule has 15 heavy (non-hydrogen) atoms. The van der Waals surface area contributed by atoms with Gasteiger partial charge in [0.15, 0.2) is 0 Å². The van der Waals surface area contributed by atoms with Crippen molar-refractivity contribution >= 4 is 34.6 Å². The van der Waals surface area contributed by atoms with E-state index in [1.54, 1.807) is 19.2 Å². The Balaban J connectivity index is 2.81. The maximum atomic E-state index is 5.89. The number of methoxy groups -OCH3 is 1. The summed E-state index contributed by atoms with van der Waals surface area (Å²) in [6, 6.07) is 3.51. The van der Waals surface area contributed by atoms with Crippen LogP contribution in [0.1, 0.15) is 6.92 Å². The van der Waals surface area contributed by atoms with Gasteiger partial charge in [-0.15, -0.1) is 0 Å². The van der Waals surface area contributed by atoms with Gasteiger partial charge in [0.05, 0.1) is 28.0 Å². The van der Waals surface area contributed by atoms with Gasteiger partial charge in [-0.05, 0) is 19.1 Å². The number of ether oxygens (including phenoxy) is 1. The predicted molar refractivity (Wildman–Crippen MR) is 65.8 cm³/mol. The van der Waals surface area contributed by atoms with Crippen LogP contribution in [0.15, 0.2) is 12.1 Å². The second-order valence-electron chi connectivity index (χ2n) is 3.35. The number of hydrogen-bond acceptors (Lipinski definition) is 3. The molecule has 1 aromatic rings. The molecule has 5 heteroatoms. The summed E-state index contributed by atoms with van der Waals surface area (Å²) in [5.74, 6) is 0. The minimum atomic E-state index is 0.162. The molecule has 0 aromatic heterocycles. The summed E-state index contributed by atoms with van der Waals surface area (Å²) in [5.41, 5.74) is 7.14. The Morgan fingerprint density at radius 2 is 2.00 bits per heavy atom. The molecule has 0 amide bonds. The lowest BCUT2D eigenvalue weighted by molar-refractivity contribution is 0.190. The van der Waals surface area contributed by atoms with Crippen LogP contribution in [0.5, 0.6) is 0 Å². The van der Waals surface area contributed by atoms with Crippen molar-refractivity contribution in [3.63, 3.8) is 0 Å². The Morgan fingerprint density at radius 3 is 2.60 bits per heavy atom. The normalized spacial score (nSPS) is 12.5. The highest BCUT2D eigenvalue weighted by Crippen LogP contribution is 2.30. The third-order valence-electron chi connectivity index (χ3n) is 1.91. The average molecular weight is 249 g/mol. The zero-order chi connectivity index (χ0) is 11.4. The van der Waals surface area contributed by atoms with E-state index in [0.29, 0.717) is 22.3 Å². The number of benzene rings is 1. The van der Waals surface area contributed by atoms with Gasteiger partial charge in [0, 0.05) is 13.2 Å². The van der Waals surface area contributed by atoms with Gasteiger partial charge in [0.2, 0.25) is 0 Å². The second kappa shape index (κ2) is 5.45. The molecule has 1 aromatic carbocycles. The molecule has 0 aliphatic heterocycles. The van der Waals surface area contributed by atoms with Crippen molar-refractivity contribution in [2.24, 2.45) is 0 Å². The topological polar surface area (TPSA) is 47.3 Å². The first-order valence-corrected chi connectivity index (χ1v) is 5.30. The lowest BCUT2D eigenvalue weighted by Crippen LogP contribution is -2.21. The SMILES string of the molecule is COCC(C)Nc1cc(Cl)c(Cl)cc1N. The van der Waals surface area contributed by atoms with Crippen molar-refractivity contribution in [2.75, 3.05) is 24.8 Å². The number of halogens is 2. The largest absolute Gasteiger partial charge is 0.397 e. The van der Waals surface area contributed by atoms with Crippen molar-refractivity contribution in [3.05, 3.63) is 22.2 Å². The van der Waals surface area contributed by atoms with Crippen LogP contribution in [0.2, 0.25) is 10.0 Å². The van der Waals surface area contributed by atoms with Gasteiger partial charge in [-0.2, -0.15) is 0 Å². The maximum absolute atomic E-state index is 5.89. The first-order valence-electron chi connectivity index (χ1n) is 4.54. The summed E-state index contributed by atoms with van der Waals surface area (Å²) in [4.78, 5) is 0. The number of rotatable bonds is 4. The Kier molecular flexibility index (Phi) is 4.51. The van der Waals surface area contributed by atoms with Gasteiger partial charge in [-0.25, -0.2) is 0 Å². The molecule has 0 aliphatic rings. The third kappa shape index (κ3) is 3.45. The first-order chi connectivity index (χ1) is 7.04. The van der Waals surface area contributed by atoms with Crippen LogP contribution in [-0.2, 0) is 4.74 Å². The highest BCUT2D eigenvalue weighted by atomic mass is 35.5. The van der Waals surface area contributed by atoms with E-state index in [1.165, 1.54) is 0 Å². The van der Waals surface area contributed by atoms with Gasteiger partial charge < -0.3 is 15.8 Å². The van der Waals surface area contributed by atoms with Gasteiger partial charge in [0.25, 0.3) is 0 Å². The Hall–Kier alpha value is -0.640. The molecule has 84 valence electrons. The number of hydrogen-bond donors (Lipinski definition) is 2. The molecule has 1 rings (SSSR count). The molecule has 0 saturated heterocycles. The number of nitrogens with one attached hydrogen (secondary N) is 1. The molecule has 0 saturated carbocycles. The van der Waals surface area contributed by atoms with Crippen LogP contribution in [0.25, 0.3) is 0 Å². The van der Waals surface area contributed by atoms with E-state index in [9.17, 15) is 0 Å². The van der Waals surface area contributed by atoms with Gasteiger partial charge in [-0.1, -0.05) is 23.2 Å². The molecule has 3 nitrogen and oxygen atoms in total. The molecule has 0 radical (unpaired) electrons. The van der Waals surface area contributed by atoms with Crippen molar-refractivity contribution < 1.29 is 4.74 Å². The summed E-state index contributed by atoms with van der Waals surface area (Å²) in [6.07, 6.45) is 0. The van der Waals surface area contributed by atoms with Crippen LogP contribution in [-0.4, -0.2) is 19.8 Å². The van der Waals surface area contributed by atoms with Gasteiger partial charge >= 0.3 is 0 Å². The third-order valence-corrected chi connectivity index (χ3v) is 2.63. The van der Waals surface area contributed by atoms with Crippen LogP contribution in [0, 0.1) is 0 Å². The fourth-order valence-electron chi connectivity index (χ4n) is 1.24. The number of nitrogens with two attached hydrogens (primary N) is 1. The lowest BCUT2D eigenvalue weighted by atomic mass is 10.2. The van der Waals surface area contributed by atoms with E-state index >= 15 is 0 Å². The zero-order valence-electron chi connectivity index (χ0n) is 8.68. The Bertz CT molecular complexity index is 344. The van der Waals surface area contributed by atoms with Gasteiger partial charge in [-0.3, -0.25) is 0 Å². The maximum Gasteiger partial charge on any atom is 0.0661 e. The molecular weight excluding hydrogens is 235 g/mol. The van der Waals surface area contributed by atoms with E-state index < -0.39 is 0 Å². The number of anilines is 2. The molecular formula is C10H14Cl2N2O. The second-order valence-corrected chi connectivity index (χ2v) is 4.17. The van der Waals surface area contributed by atoms with Crippen molar-refractivity contribution in [3.8, 4) is 0 Å². The van der Waals surface area contributed by atoms with Crippen LogP contribution >= 0.6 is 23.2 Å². The van der Waals surface area contributed by atoms with E-state index in [2.05, 4.69) is 5.32 Å². The molecule has 0 fully saturated rings. The molecule has 0 bridgehead atoms. The highest BCUT2D eigenvalue weighted by Gasteiger charge is 2.07. The molecule has 0 heterocycles. The minimum absolute atomic E-state index is 0.162. The van der Waals surface area contributed by atoms with Crippen molar-refractivity contribution in [1.29, 1.82) is 0 Å². The monoisotopic (exact) mass is 248 g/mol. The summed E-state index contributed by atoms with van der Waals surface area (Å²) < 4.78 is 5.01. The average Bonchev–Trinajstić information content (AvgIpc) is 2.14. The predicted octanol–water partition coefficient (Wildman–Crippen LogP) is 3.02. The fourth-order valence-corrected chi connectivity index (χ4v) is 1.58. The van der Waals surface area contributed by atoms with Crippen molar-refractivity contribution in [1.82, 2.24) is 0 Å². The van der Waals surface area contributed by atoms with E-state index in [-0.39, 0.29) is 6.04 Å². The smallest absolute Gasteiger partial charge is 0.0661 e. The highest BCUT2D eigenvalue weighted by molar-refractivity contribution is 6.42. The number of nitrogen functional groups attached to an aromatic ring is 1. The summed E-state index contributed by atoms with van der Waals surface area (Å²) in [7, 11) is 1.65. The van der Waals surface area contributed by atoms with E-state index in [1.807, 2.05) is 6.92 Å². The Morgan fingerprint density at radius 1 is 1.40 bits per heavy atom. The molecule has 1 unspecified atom stereocenters. The first kappa shape index (κ1) is 12.4. The van der Waals surface area contributed by atoms with Crippen LogP contribution in [0.3, 0.4) is 0 Å². The summed E-state index contributed by atoms with van der Waals surface area (Å²) in [5, 5.41) is 4.13. The molecule has 3 N–H and O–H groups in total. The molecule has 0 spiro atoms. The minimum Gasteiger partial charge on any atom is -0.397 e. The fraction of sp³-hybridized carbons (Fsp3) is 0.400. The van der Waals surface area contributed by atoms with Crippen LogP contribution in [0.4, 0.5) is 11.4 Å². The van der Waals surface area contributed by atoms with Crippen LogP contribution < -0.4 is 11.1 Å². The molecule has 1 atom stereocenters. The van der Waals surface area contributed by atoms with Gasteiger partial charge in [0.1, 0.15) is 0 Å². The van der Waals surface area contributed by atoms with E-state index in [0.717, 1.165) is 5.69 Å². The Labute approximate surface area is 99.5 Å².